The molecular weight excluding hydrogens is 564 g/mol. The summed E-state index contributed by atoms with van der Waals surface area (Å²) in [6.07, 6.45) is -14.7. The predicted molar refractivity (Wildman–Crippen MR) is 139 cm³/mol. The molecule has 0 aliphatic carbocycles. The number of aromatic hydroxyl groups is 3. The van der Waals surface area contributed by atoms with Gasteiger partial charge in [-0.25, -0.2) is 0 Å². The van der Waals surface area contributed by atoms with Crippen LogP contribution in [0.25, 0.3) is 22.3 Å². The standard InChI is InChI=1S/C27H30O15/c1-8-17(31)20(34)22(36)26(38-8)40-11-6-14(30)16-15(7-11)41-24(10-3-4-12(28)13(29)5-10)25(19(16)33)42-27-23(37)21(35)18(32)9(2)39-27/h3-9,17-18,20-23,26-32,34-37H,1-2H3/t8-,9-,17-,18-,20+,21+,22+,23+,26?,27?/m1/s1. The number of phenolic OH excluding ortho intramolecular Hbond substituents is 3. The Morgan fingerprint density at radius 3 is 1.81 bits per heavy atom. The number of rotatable bonds is 5. The van der Waals surface area contributed by atoms with E-state index in [9.17, 15) is 50.8 Å². The zero-order valence-electron chi connectivity index (χ0n) is 22.1. The van der Waals surface area contributed by atoms with Crippen LogP contribution in [0.15, 0.2) is 39.5 Å². The number of phenols is 3. The van der Waals surface area contributed by atoms with Crippen LogP contribution in [-0.2, 0) is 9.47 Å². The first-order chi connectivity index (χ1) is 19.8. The fourth-order valence-corrected chi connectivity index (χ4v) is 4.76. The molecule has 3 aromatic rings. The van der Waals surface area contributed by atoms with Gasteiger partial charge in [-0.1, -0.05) is 0 Å². The van der Waals surface area contributed by atoms with Crippen LogP contribution in [0.3, 0.4) is 0 Å². The molecule has 0 bridgehead atoms. The predicted octanol–water partition coefficient (Wildman–Crippen LogP) is -1.01. The average molecular weight is 595 g/mol. The van der Waals surface area contributed by atoms with E-state index in [0.717, 1.165) is 24.3 Å². The third kappa shape index (κ3) is 5.21. The fraction of sp³-hybridized carbons (Fsp3) is 0.444. The maximum absolute atomic E-state index is 13.7. The molecule has 1 aromatic heterocycles. The molecule has 228 valence electrons. The molecule has 10 atom stereocenters. The van der Waals surface area contributed by atoms with Crippen LogP contribution < -0.4 is 14.9 Å². The zero-order chi connectivity index (χ0) is 30.6. The van der Waals surface area contributed by atoms with E-state index >= 15 is 0 Å². The highest BCUT2D eigenvalue weighted by molar-refractivity contribution is 5.88. The smallest absolute Gasteiger partial charge is 0.239 e. The van der Waals surface area contributed by atoms with Gasteiger partial charge in [-0.3, -0.25) is 4.79 Å². The van der Waals surface area contributed by atoms with Gasteiger partial charge in [-0.2, -0.15) is 0 Å². The third-order valence-electron chi connectivity index (χ3n) is 7.25. The SMILES string of the molecule is C[C@H]1OC(Oc2cc(O)c3c(=O)c(OC4O[C@H](C)[C@@H](O)[C@H](O)[C@@H]4O)c(-c4ccc(O)c(O)c4)oc3c2)[C@@H](O)[C@@H](O)[C@@H]1O. The maximum atomic E-state index is 13.7. The number of aliphatic hydroxyl groups excluding tert-OH is 6. The summed E-state index contributed by atoms with van der Waals surface area (Å²) < 4.78 is 28.0. The molecule has 2 aliphatic heterocycles. The fourth-order valence-electron chi connectivity index (χ4n) is 4.76. The van der Waals surface area contributed by atoms with Crippen molar-refractivity contribution in [3.8, 4) is 40.1 Å². The number of hydrogen-bond acceptors (Lipinski definition) is 15. The van der Waals surface area contributed by atoms with Crippen LogP contribution in [0.2, 0.25) is 0 Å². The second-order valence-corrected chi connectivity index (χ2v) is 10.2. The number of hydrogen-bond donors (Lipinski definition) is 9. The lowest BCUT2D eigenvalue weighted by molar-refractivity contribution is -0.268. The Hall–Kier alpha value is -3.67. The number of fused-ring (bicyclic) bond motifs is 1. The van der Waals surface area contributed by atoms with E-state index in [0.29, 0.717) is 0 Å². The van der Waals surface area contributed by atoms with E-state index in [4.69, 9.17) is 23.4 Å². The van der Waals surface area contributed by atoms with E-state index < -0.39 is 95.2 Å². The van der Waals surface area contributed by atoms with Crippen molar-refractivity contribution in [1.82, 2.24) is 0 Å². The summed E-state index contributed by atoms with van der Waals surface area (Å²) in [5.74, 6) is -2.89. The van der Waals surface area contributed by atoms with Crippen LogP contribution in [0.1, 0.15) is 13.8 Å². The number of benzene rings is 2. The van der Waals surface area contributed by atoms with Gasteiger partial charge < -0.3 is 69.3 Å². The molecule has 5 rings (SSSR count). The first-order valence-corrected chi connectivity index (χ1v) is 12.9. The van der Waals surface area contributed by atoms with Crippen molar-refractivity contribution in [3.05, 3.63) is 40.6 Å². The van der Waals surface area contributed by atoms with E-state index in [2.05, 4.69) is 0 Å². The van der Waals surface area contributed by atoms with Crippen LogP contribution >= 0.6 is 0 Å². The highest BCUT2D eigenvalue weighted by Crippen LogP contribution is 2.40. The first-order valence-electron chi connectivity index (χ1n) is 12.9. The van der Waals surface area contributed by atoms with Crippen LogP contribution in [0.4, 0.5) is 0 Å². The topological polar surface area (TPSA) is 249 Å². The van der Waals surface area contributed by atoms with Gasteiger partial charge in [0.1, 0.15) is 59.1 Å². The minimum absolute atomic E-state index is 0.000938. The lowest BCUT2D eigenvalue weighted by Gasteiger charge is -2.39. The van der Waals surface area contributed by atoms with Gasteiger partial charge in [-0.15, -0.1) is 0 Å². The Balaban J connectivity index is 1.61. The number of aliphatic hydroxyl groups is 6. The molecule has 0 radical (unpaired) electrons. The van der Waals surface area contributed by atoms with Crippen molar-refractivity contribution in [3.63, 3.8) is 0 Å². The van der Waals surface area contributed by atoms with E-state index in [1.54, 1.807) is 0 Å². The lowest BCUT2D eigenvalue weighted by atomic mass is 10.00. The molecule has 0 saturated carbocycles. The highest BCUT2D eigenvalue weighted by atomic mass is 16.7. The molecular formula is C27H30O15. The highest BCUT2D eigenvalue weighted by Gasteiger charge is 2.45. The van der Waals surface area contributed by atoms with Gasteiger partial charge in [0.2, 0.25) is 23.8 Å². The van der Waals surface area contributed by atoms with Crippen molar-refractivity contribution in [2.24, 2.45) is 0 Å². The Bertz CT molecular complexity index is 1520. The lowest BCUT2D eigenvalue weighted by Crippen LogP contribution is -2.58. The van der Waals surface area contributed by atoms with E-state index in [1.165, 1.54) is 19.9 Å². The number of ether oxygens (including phenoxy) is 4. The molecule has 15 heteroatoms. The van der Waals surface area contributed by atoms with Gasteiger partial charge in [0, 0.05) is 17.7 Å². The molecule has 3 heterocycles. The van der Waals surface area contributed by atoms with Crippen molar-refractivity contribution in [1.29, 1.82) is 0 Å². The Morgan fingerprint density at radius 1 is 0.667 bits per heavy atom. The Morgan fingerprint density at radius 2 is 1.24 bits per heavy atom. The van der Waals surface area contributed by atoms with Crippen molar-refractivity contribution < 1.29 is 69.3 Å². The van der Waals surface area contributed by atoms with Crippen LogP contribution in [0, 0.1) is 0 Å². The third-order valence-corrected chi connectivity index (χ3v) is 7.25. The first kappa shape index (κ1) is 29.8. The van der Waals surface area contributed by atoms with Crippen molar-refractivity contribution in [2.45, 2.75) is 75.3 Å². The van der Waals surface area contributed by atoms with Crippen molar-refractivity contribution in [2.75, 3.05) is 0 Å². The van der Waals surface area contributed by atoms with Crippen molar-refractivity contribution >= 4 is 11.0 Å². The summed E-state index contributed by atoms with van der Waals surface area (Å²) >= 11 is 0. The monoisotopic (exact) mass is 594 g/mol. The summed E-state index contributed by atoms with van der Waals surface area (Å²) in [6.45, 7) is 2.85. The second-order valence-electron chi connectivity index (χ2n) is 10.2. The second kappa shape index (κ2) is 11.2. The van der Waals surface area contributed by atoms with Gasteiger partial charge in [0.15, 0.2) is 17.3 Å². The average Bonchev–Trinajstić information content (AvgIpc) is 2.94. The molecule has 2 aromatic carbocycles. The van der Waals surface area contributed by atoms with E-state index in [-0.39, 0.29) is 22.7 Å². The minimum Gasteiger partial charge on any atom is -0.507 e. The molecule has 2 saturated heterocycles. The van der Waals surface area contributed by atoms with Crippen LogP contribution in [-0.4, -0.2) is 107 Å². The molecule has 0 amide bonds. The Labute approximate surface area is 236 Å². The van der Waals surface area contributed by atoms with Crippen LogP contribution in [0.5, 0.6) is 28.7 Å². The molecule has 2 aliphatic rings. The maximum Gasteiger partial charge on any atom is 0.239 e. The van der Waals surface area contributed by atoms with Gasteiger partial charge in [-0.05, 0) is 32.0 Å². The molecule has 9 N–H and O–H groups in total. The minimum atomic E-state index is -1.81. The van der Waals surface area contributed by atoms with Gasteiger partial charge >= 0.3 is 0 Å². The zero-order valence-corrected chi connectivity index (χ0v) is 22.1. The summed E-state index contributed by atoms with van der Waals surface area (Å²) in [4.78, 5) is 13.7. The normalized spacial score (nSPS) is 33.4. The Kier molecular flexibility index (Phi) is 7.95. The molecule has 15 nitrogen and oxygen atoms in total. The molecule has 42 heavy (non-hydrogen) atoms. The molecule has 2 fully saturated rings. The van der Waals surface area contributed by atoms with E-state index in [1.807, 2.05) is 0 Å². The summed E-state index contributed by atoms with van der Waals surface area (Å²) in [5, 5.41) is 91.2. The quantitative estimate of drug-likeness (QED) is 0.161. The summed E-state index contributed by atoms with van der Waals surface area (Å²) in [7, 11) is 0. The summed E-state index contributed by atoms with van der Waals surface area (Å²) in [6, 6.07) is 5.59. The van der Waals surface area contributed by atoms with Gasteiger partial charge in [0.25, 0.3) is 0 Å². The molecule has 0 spiro atoms. The summed E-state index contributed by atoms with van der Waals surface area (Å²) in [5.41, 5.74) is -1.26. The largest absolute Gasteiger partial charge is 0.507 e. The molecule has 2 unspecified atom stereocenters. The van der Waals surface area contributed by atoms with Gasteiger partial charge in [0.05, 0.1) is 12.2 Å².